The summed E-state index contributed by atoms with van der Waals surface area (Å²) in [6.07, 6.45) is 0.795. The zero-order valence-electron chi connectivity index (χ0n) is 8.66. The van der Waals surface area contributed by atoms with Gasteiger partial charge in [-0.25, -0.2) is 0 Å². The van der Waals surface area contributed by atoms with Gasteiger partial charge >= 0.3 is 0 Å². The zero-order valence-corrected chi connectivity index (χ0v) is 8.66. The van der Waals surface area contributed by atoms with Gasteiger partial charge in [-0.2, -0.15) is 0 Å². The minimum Gasteiger partial charge on any atom is -0.454 e. The SMILES string of the molecule is O=C1NCCC1Nc1cccc2c1OCO2. The van der Waals surface area contributed by atoms with Crippen LogP contribution in [0.4, 0.5) is 5.69 Å². The maximum Gasteiger partial charge on any atom is 0.242 e. The van der Waals surface area contributed by atoms with Gasteiger partial charge in [-0.1, -0.05) is 6.07 Å². The van der Waals surface area contributed by atoms with Crippen molar-refractivity contribution < 1.29 is 14.3 Å². The molecule has 0 bridgehead atoms. The van der Waals surface area contributed by atoms with Gasteiger partial charge in [0.2, 0.25) is 12.7 Å². The Morgan fingerprint density at radius 2 is 2.31 bits per heavy atom. The summed E-state index contributed by atoms with van der Waals surface area (Å²) in [6, 6.07) is 5.44. The average Bonchev–Trinajstić information content (AvgIpc) is 2.89. The van der Waals surface area contributed by atoms with E-state index in [4.69, 9.17) is 9.47 Å². The molecule has 5 nitrogen and oxygen atoms in total. The lowest BCUT2D eigenvalue weighted by atomic mass is 10.2. The van der Waals surface area contributed by atoms with Crippen molar-refractivity contribution in [3.8, 4) is 11.5 Å². The predicted molar refractivity (Wildman–Crippen MR) is 57.6 cm³/mol. The second-order valence-electron chi connectivity index (χ2n) is 3.82. The molecule has 84 valence electrons. The maximum atomic E-state index is 11.4. The van der Waals surface area contributed by atoms with E-state index >= 15 is 0 Å². The minimum atomic E-state index is -0.171. The van der Waals surface area contributed by atoms with Gasteiger partial charge < -0.3 is 20.1 Å². The van der Waals surface area contributed by atoms with Gasteiger partial charge in [0.05, 0.1) is 5.69 Å². The van der Waals surface area contributed by atoms with E-state index in [2.05, 4.69) is 10.6 Å². The number of rotatable bonds is 2. The molecule has 0 saturated carbocycles. The van der Waals surface area contributed by atoms with Crippen LogP contribution in [0.3, 0.4) is 0 Å². The highest BCUT2D eigenvalue weighted by molar-refractivity contribution is 5.87. The van der Waals surface area contributed by atoms with Crippen molar-refractivity contribution >= 4 is 11.6 Å². The Balaban J connectivity index is 1.84. The Bertz CT molecular complexity index is 433. The number of hydrogen-bond acceptors (Lipinski definition) is 4. The number of nitrogens with one attached hydrogen (secondary N) is 2. The molecule has 1 atom stereocenters. The van der Waals surface area contributed by atoms with Gasteiger partial charge in [0.1, 0.15) is 6.04 Å². The summed E-state index contributed by atoms with van der Waals surface area (Å²) in [5, 5.41) is 5.96. The lowest BCUT2D eigenvalue weighted by molar-refractivity contribution is -0.119. The van der Waals surface area contributed by atoms with Crippen LogP contribution in [0.2, 0.25) is 0 Å². The van der Waals surface area contributed by atoms with Crippen molar-refractivity contribution in [3.05, 3.63) is 18.2 Å². The van der Waals surface area contributed by atoms with Crippen molar-refractivity contribution in [1.29, 1.82) is 0 Å². The number of hydrogen-bond donors (Lipinski definition) is 2. The third kappa shape index (κ3) is 1.44. The molecule has 5 heteroatoms. The molecular formula is C11H12N2O3. The molecule has 16 heavy (non-hydrogen) atoms. The Morgan fingerprint density at radius 3 is 3.12 bits per heavy atom. The van der Waals surface area contributed by atoms with Crippen LogP contribution in [0.15, 0.2) is 18.2 Å². The quantitative estimate of drug-likeness (QED) is 0.770. The third-order valence-corrected chi connectivity index (χ3v) is 2.78. The highest BCUT2D eigenvalue weighted by Crippen LogP contribution is 2.39. The molecule has 0 aliphatic carbocycles. The molecular weight excluding hydrogens is 208 g/mol. The van der Waals surface area contributed by atoms with Crippen LogP contribution < -0.4 is 20.1 Å². The second-order valence-corrected chi connectivity index (χ2v) is 3.82. The first-order valence-corrected chi connectivity index (χ1v) is 5.27. The summed E-state index contributed by atoms with van der Waals surface area (Å²) >= 11 is 0. The average molecular weight is 220 g/mol. The standard InChI is InChI=1S/C11H12N2O3/c14-11-8(4-5-12-11)13-7-2-1-3-9-10(7)16-6-15-9/h1-3,8,13H,4-6H2,(H,12,14). The van der Waals surface area contributed by atoms with Crippen LogP contribution in [0.25, 0.3) is 0 Å². The first kappa shape index (κ1) is 9.33. The van der Waals surface area contributed by atoms with Crippen LogP contribution in [0.5, 0.6) is 11.5 Å². The monoisotopic (exact) mass is 220 g/mol. The molecule has 2 aliphatic heterocycles. The third-order valence-electron chi connectivity index (χ3n) is 2.78. The van der Waals surface area contributed by atoms with Gasteiger partial charge in [0, 0.05) is 6.54 Å². The summed E-state index contributed by atoms with van der Waals surface area (Å²) < 4.78 is 10.6. The molecule has 2 N–H and O–H groups in total. The normalized spacial score (nSPS) is 22.0. The lowest BCUT2D eigenvalue weighted by Crippen LogP contribution is -2.29. The van der Waals surface area contributed by atoms with E-state index in [0.29, 0.717) is 5.75 Å². The van der Waals surface area contributed by atoms with Crippen molar-refractivity contribution in [2.24, 2.45) is 0 Å². The minimum absolute atomic E-state index is 0.0384. The molecule has 1 amide bonds. The molecule has 1 saturated heterocycles. The van der Waals surface area contributed by atoms with Crippen LogP contribution in [0.1, 0.15) is 6.42 Å². The summed E-state index contributed by atoms with van der Waals surface area (Å²) in [5.74, 6) is 1.46. The van der Waals surface area contributed by atoms with Crippen LogP contribution in [0, 0.1) is 0 Å². The van der Waals surface area contributed by atoms with Crippen LogP contribution >= 0.6 is 0 Å². The van der Waals surface area contributed by atoms with Crippen LogP contribution in [-0.4, -0.2) is 25.3 Å². The molecule has 2 aliphatic rings. The maximum absolute atomic E-state index is 11.4. The summed E-state index contributed by atoms with van der Waals surface area (Å²) in [5.41, 5.74) is 0.817. The van der Waals surface area contributed by atoms with E-state index < -0.39 is 0 Å². The van der Waals surface area contributed by atoms with Crippen molar-refractivity contribution in [3.63, 3.8) is 0 Å². The van der Waals surface area contributed by atoms with Crippen molar-refractivity contribution in [2.45, 2.75) is 12.5 Å². The van der Waals surface area contributed by atoms with Crippen molar-refractivity contribution in [2.75, 3.05) is 18.7 Å². The van der Waals surface area contributed by atoms with Gasteiger partial charge in [-0.05, 0) is 18.6 Å². The number of carbonyl (C=O) groups is 1. The van der Waals surface area contributed by atoms with Gasteiger partial charge in [0.25, 0.3) is 0 Å². The molecule has 1 fully saturated rings. The number of fused-ring (bicyclic) bond motifs is 1. The van der Waals surface area contributed by atoms with E-state index in [0.717, 1.165) is 24.4 Å². The number of ether oxygens (including phenoxy) is 2. The first-order chi connectivity index (χ1) is 7.84. The Morgan fingerprint density at radius 1 is 1.38 bits per heavy atom. The molecule has 0 radical (unpaired) electrons. The topological polar surface area (TPSA) is 59.6 Å². The van der Waals surface area contributed by atoms with Gasteiger partial charge in [-0.3, -0.25) is 4.79 Å². The first-order valence-electron chi connectivity index (χ1n) is 5.27. The second kappa shape index (κ2) is 3.59. The van der Waals surface area contributed by atoms with E-state index in [1.165, 1.54) is 0 Å². The van der Waals surface area contributed by atoms with E-state index in [-0.39, 0.29) is 18.7 Å². The van der Waals surface area contributed by atoms with E-state index in [1.807, 2.05) is 18.2 Å². The molecule has 1 aromatic carbocycles. The number of anilines is 1. The Kier molecular flexibility index (Phi) is 2.09. The zero-order chi connectivity index (χ0) is 11.0. The highest BCUT2D eigenvalue weighted by Gasteiger charge is 2.26. The fourth-order valence-corrected chi connectivity index (χ4v) is 1.96. The fourth-order valence-electron chi connectivity index (χ4n) is 1.96. The Hall–Kier alpha value is -1.91. The van der Waals surface area contributed by atoms with Gasteiger partial charge in [0.15, 0.2) is 11.5 Å². The lowest BCUT2D eigenvalue weighted by Gasteiger charge is -2.13. The van der Waals surface area contributed by atoms with Crippen molar-refractivity contribution in [1.82, 2.24) is 5.32 Å². The molecule has 0 spiro atoms. The predicted octanol–water partition coefficient (Wildman–Crippen LogP) is 0.716. The van der Waals surface area contributed by atoms with Crippen LogP contribution in [-0.2, 0) is 4.79 Å². The largest absolute Gasteiger partial charge is 0.454 e. The molecule has 3 rings (SSSR count). The fraction of sp³-hybridized carbons (Fsp3) is 0.364. The summed E-state index contributed by atoms with van der Waals surface area (Å²) in [4.78, 5) is 11.4. The van der Waals surface area contributed by atoms with Gasteiger partial charge in [-0.15, -0.1) is 0 Å². The number of amides is 1. The number of carbonyl (C=O) groups excluding carboxylic acids is 1. The Labute approximate surface area is 92.7 Å². The van der Waals surface area contributed by atoms with E-state index in [1.54, 1.807) is 0 Å². The smallest absolute Gasteiger partial charge is 0.242 e. The molecule has 0 aromatic heterocycles. The number of benzene rings is 1. The molecule has 2 heterocycles. The van der Waals surface area contributed by atoms with E-state index in [9.17, 15) is 4.79 Å². The summed E-state index contributed by atoms with van der Waals surface area (Å²) in [6.45, 7) is 0.966. The molecule has 1 aromatic rings. The summed E-state index contributed by atoms with van der Waals surface area (Å²) in [7, 11) is 0. The number of para-hydroxylation sites is 1. The highest BCUT2D eigenvalue weighted by atomic mass is 16.7. The molecule has 1 unspecified atom stereocenters.